The predicted octanol–water partition coefficient (Wildman–Crippen LogP) is 1.44. The first-order valence-electron chi connectivity index (χ1n) is 6.76. The van der Waals surface area contributed by atoms with Crippen LogP contribution >= 0.6 is 23.3 Å². The summed E-state index contributed by atoms with van der Waals surface area (Å²) in [4.78, 5) is 18.0. The van der Waals surface area contributed by atoms with Crippen molar-refractivity contribution >= 4 is 34.3 Å². The van der Waals surface area contributed by atoms with E-state index >= 15 is 0 Å². The lowest BCUT2D eigenvalue weighted by Gasteiger charge is -2.45. The number of aromatic nitrogens is 2. The standard InChI is InChI=1S/C12H20N4O2S2/c1-3-5-19-11-14-10(20-15-11)13-9(17)6-16-7-12(18,4-2)8-16/h18H,3-8H2,1-2H3,(H,13,14,15,17). The largest absolute Gasteiger partial charge is 0.387 e. The number of hydrogen-bond acceptors (Lipinski definition) is 7. The van der Waals surface area contributed by atoms with Crippen molar-refractivity contribution in [1.29, 1.82) is 0 Å². The molecule has 0 unspecified atom stereocenters. The molecule has 2 N–H and O–H groups in total. The molecule has 0 atom stereocenters. The predicted molar refractivity (Wildman–Crippen MR) is 81.2 cm³/mol. The van der Waals surface area contributed by atoms with E-state index < -0.39 is 5.60 Å². The number of amides is 1. The van der Waals surface area contributed by atoms with Gasteiger partial charge >= 0.3 is 0 Å². The number of nitrogens with one attached hydrogen (secondary N) is 1. The highest BCUT2D eigenvalue weighted by Gasteiger charge is 2.39. The molecule has 2 rings (SSSR count). The van der Waals surface area contributed by atoms with Gasteiger partial charge < -0.3 is 5.11 Å². The molecule has 1 aromatic rings. The van der Waals surface area contributed by atoms with Crippen molar-refractivity contribution < 1.29 is 9.90 Å². The minimum atomic E-state index is -0.604. The van der Waals surface area contributed by atoms with Crippen LogP contribution in [0.15, 0.2) is 5.16 Å². The lowest BCUT2D eigenvalue weighted by molar-refractivity contribution is -0.128. The zero-order chi connectivity index (χ0) is 14.6. The molecule has 0 radical (unpaired) electrons. The van der Waals surface area contributed by atoms with Crippen LogP contribution in [0.3, 0.4) is 0 Å². The average molecular weight is 316 g/mol. The highest BCUT2D eigenvalue weighted by atomic mass is 32.2. The molecule has 6 nitrogen and oxygen atoms in total. The van der Waals surface area contributed by atoms with Gasteiger partial charge in [0, 0.05) is 30.4 Å². The molecule has 1 fully saturated rings. The number of hydrogen-bond donors (Lipinski definition) is 2. The lowest BCUT2D eigenvalue weighted by Crippen LogP contribution is -2.62. The molecule has 2 heterocycles. The van der Waals surface area contributed by atoms with Gasteiger partial charge in [-0.15, -0.1) is 0 Å². The molecular weight excluding hydrogens is 296 g/mol. The first-order chi connectivity index (χ1) is 9.54. The van der Waals surface area contributed by atoms with Crippen LogP contribution in [0.2, 0.25) is 0 Å². The number of rotatable bonds is 7. The summed E-state index contributed by atoms with van der Waals surface area (Å²) in [5.41, 5.74) is -0.604. The molecule has 20 heavy (non-hydrogen) atoms. The van der Waals surface area contributed by atoms with E-state index in [0.717, 1.165) is 23.8 Å². The second-order valence-electron chi connectivity index (χ2n) is 5.00. The molecule has 1 saturated heterocycles. The van der Waals surface area contributed by atoms with E-state index in [0.29, 0.717) is 24.8 Å². The van der Waals surface area contributed by atoms with Gasteiger partial charge in [0.1, 0.15) is 0 Å². The Morgan fingerprint density at radius 1 is 1.55 bits per heavy atom. The molecule has 1 aliphatic rings. The molecule has 0 saturated carbocycles. The monoisotopic (exact) mass is 316 g/mol. The minimum Gasteiger partial charge on any atom is -0.387 e. The van der Waals surface area contributed by atoms with Crippen LogP contribution in [0.5, 0.6) is 0 Å². The molecule has 0 spiro atoms. The van der Waals surface area contributed by atoms with E-state index in [-0.39, 0.29) is 5.91 Å². The van der Waals surface area contributed by atoms with Gasteiger partial charge in [-0.05, 0) is 12.8 Å². The second kappa shape index (κ2) is 6.84. The molecule has 0 bridgehead atoms. The van der Waals surface area contributed by atoms with Crippen molar-refractivity contribution in [3.63, 3.8) is 0 Å². The SMILES string of the molecule is CCCSc1nsc(NC(=O)CN2CC(O)(CC)C2)n1. The highest BCUT2D eigenvalue weighted by molar-refractivity contribution is 7.99. The molecule has 1 amide bonds. The van der Waals surface area contributed by atoms with Crippen LogP contribution in [0.1, 0.15) is 26.7 Å². The molecule has 0 aromatic carbocycles. The number of carbonyl (C=O) groups is 1. The number of thioether (sulfide) groups is 1. The summed E-state index contributed by atoms with van der Waals surface area (Å²) in [5, 5.41) is 13.9. The Hall–Kier alpha value is -0.700. The normalized spacial score (nSPS) is 17.8. The van der Waals surface area contributed by atoms with Crippen LogP contribution in [0.4, 0.5) is 5.13 Å². The number of β-amino-alcohol motifs (C(OH)–C–C–N with tert-alkyl or cyclic N) is 1. The quantitative estimate of drug-likeness (QED) is 0.741. The maximum absolute atomic E-state index is 11.8. The van der Waals surface area contributed by atoms with Crippen LogP contribution in [-0.2, 0) is 4.79 Å². The van der Waals surface area contributed by atoms with Crippen molar-refractivity contribution in [3.05, 3.63) is 0 Å². The number of nitrogens with zero attached hydrogens (tertiary/aromatic N) is 3. The fraction of sp³-hybridized carbons (Fsp3) is 0.750. The van der Waals surface area contributed by atoms with Crippen molar-refractivity contribution in [3.8, 4) is 0 Å². The van der Waals surface area contributed by atoms with E-state index in [4.69, 9.17) is 0 Å². The Bertz CT molecular complexity index is 460. The van der Waals surface area contributed by atoms with Crippen molar-refractivity contribution in [2.75, 3.05) is 30.7 Å². The van der Waals surface area contributed by atoms with Crippen LogP contribution in [-0.4, -0.2) is 56.3 Å². The maximum Gasteiger partial charge on any atom is 0.240 e. The first-order valence-corrected chi connectivity index (χ1v) is 8.51. The number of aliphatic hydroxyl groups is 1. The molecule has 112 valence electrons. The Morgan fingerprint density at radius 2 is 2.30 bits per heavy atom. The van der Waals surface area contributed by atoms with Gasteiger partial charge in [-0.3, -0.25) is 15.0 Å². The van der Waals surface area contributed by atoms with Crippen molar-refractivity contribution in [1.82, 2.24) is 14.3 Å². The zero-order valence-electron chi connectivity index (χ0n) is 11.8. The van der Waals surface area contributed by atoms with E-state index in [1.807, 2.05) is 11.8 Å². The Balaban J connectivity index is 1.73. The van der Waals surface area contributed by atoms with Crippen LogP contribution in [0.25, 0.3) is 0 Å². The van der Waals surface area contributed by atoms with Gasteiger partial charge in [0.05, 0.1) is 12.1 Å². The Kier molecular flexibility index (Phi) is 5.36. The molecule has 1 aliphatic heterocycles. The third-order valence-electron chi connectivity index (χ3n) is 3.15. The fourth-order valence-electron chi connectivity index (χ4n) is 2.00. The summed E-state index contributed by atoms with van der Waals surface area (Å²) in [7, 11) is 0. The lowest BCUT2D eigenvalue weighted by atomic mass is 9.91. The third kappa shape index (κ3) is 4.15. The number of carbonyl (C=O) groups excluding carboxylic acids is 1. The van der Waals surface area contributed by atoms with E-state index in [1.165, 1.54) is 11.5 Å². The Labute approximate surface area is 127 Å². The summed E-state index contributed by atoms with van der Waals surface area (Å²) >= 11 is 2.80. The van der Waals surface area contributed by atoms with Crippen molar-refractivity contribution in [2.45, 2.75) is 37.4 Å². The third-order valence-corrected chi connectivity index (χ3v) is 4.95. The summed E-state index contributed by atoms with van der Waals surface area (Å²) < 4.78 is 4.18. The Morgan fingerprint density at radius 3 is 2.95 bits per heavy atom. The zero-order valence-corrected chi connectivity index (χ0v) is 13.4. The summed E-state index contributed by atoms with van der Waals surface area (Å²) in [6.45, 7) is 5.47. The molecular formula is C12H20N4O2S2. The smallest absolute Gasteiger partial charge is 0.240 e. The van der Waals surface area contributed by atoms with Crippen LogP contribution < -0.4 is 5.32 Å². The molecule has 8 heteroatoms. The van der Waals surface area contributed by atoms with Gasteiger partial charge in [-0.25, -0.2) is 0 Å². The summed E-state index contributed by atoms with van der Waals surface area (Å²) in [5.74, 6) is 0.874. The van der Waals surface area contributed by atoms with Crippen molar-refractivity contribution in [2.24, 2.45) is 0 Å². The van der Waals surface area contributed by atoms with Crippen LogP contribution in [0, 0.1) is 0 Å². The maximum atomic E-state index is 11.8. The van der Waals surface area contributed by atoms with E-state index in [9.17, 15) is 9.90 Å². The summed E-state index contributed by atoms with van der Waals surface area (Å²) in [6, 6.07) is 0. The van der Waals surface area contributed by atoms with E-state index in [2.05, 4.69) is 21.6 Å². The van der Waals surface area contributed by atoms with Gasteiger partial charge in [0.15, 0.2) is 0 Å². The van der Waals surface area contributed by atoms with Gasteiger partial charge in [0.2, 0.25) is 16.2 Å². The van der Waals surface area contributed by atoms with E-state index in [1.54, 1.807) is 11.8 Å². The average Bonchev–Trinajstić information content (AvgIpc) is 2.81. The molecule has 1 aromatic heterocycles. The first kappa shape index (κ1) is 15.7. The second-order valence-corrected chi connectivity index (χ2v) is 6.82. The topological polar surface area (TPSA) is 78.4 Å². The van der Waals surface area contributed by atoms with Gasteiger partial charge in [0.25, 0.3) is 0 Å². The fourth-order valence-corrected chi connectivity index (χ4v) is 3.41. The van der Waals surface area contributed by atoms with Gasteiger partial charge in [-0.1, -0.05) is 25.6 Å². The minimum absolute atomic E-state index is 0.105. The number of anilines is 1. The summed E-state index contributed by atoms with van der Waals surface area (Å²) in [6.07, 6.45) is 1.79. The molecule has 0 aliphatic carbocycles. The van der Waals surface area contributed by atoms with Gasteiger partial charge in [-0.2, -0.15) is 9.36 Å². The highest BCUT2D eigenvalue weighted by Crippen LogP contribution is 2.24. The number of likely N-dealkylation sites (tertiary alicyclic amines) is 1.